The molecule has 0 amide bonds. The number of carbonyl (C=O) groups is 1. The van der Waals surface area contributed by atoms with E-state index in [-0.39, 0.29) is 0 Å². The maximum Gasteiger partial charge on any atom is 0.333 e. The average molecular weight is 430 g/mol. The molecule has 0 saturated carbocycles. The van der Waals surface area contributed by atoms with Gasteiger partial charge in [0, 0.05) is 23.4 Å². The number of likely N-dealkylation sites (tertiary alicyclic amines) is 1. The van der Waals surface area contributed by atoms with Crippen LogP contribution in [0.1, 0.15) is 25.7 Å². The Hall–Kier alpha value is -0.860. The lowest BCUT2D eigenvalue weighted by atomic mass is 9.88. The first kappa shape index (κ1) is 17.0. The lowest BCUT2D eigenvalue weighted by Gasteiger charge is -2.40. The Morgan fingerprint density at radius 3 is 2.78 bits per heavy atom. The fourth-order valence-corrected chi connectivity index (χ4v) is 5.05. The van der Waals surface area contributed by atoms with Crippen LogP contribution in [-0.2, 0) is 9.53 Å². The number of halogens is 1. The quantitative estimate of drug-likeness (QED) is 0.680. The number of methoxy groups -OCH3 is 1. The van der Waals surface area contributed by atoms with Gasteiger partial charge in [0.25, 0.3) is 0 Å². The molecule has 0 aromatic carbocycles. The molecule has 0 bridgehead atoms. The smallest absolute Gasteiger partial charge is 0.333 e. The number of ether oxygens (including phenoxy) is 1. The summed E-state index contributed by atoms with van der Waals surface area (Å²) in [4.78, 5) is 16.6. The van der Waals surface area contributed by atoms with Crippen molar-refractivity contribution >= 4 is 28.6 Å². The summed E-state index contributed by atoms with van der Waals surface area (Å²) in [6.45, 7) is 2.93. The van der Waals surface area contributed by atoms with Crippen molar-refractivity contribution in [3.8, 4) is 0 Å². The SMILES string of the molecule is COC1C(I)=C2C=CC=CN2C1(CCN1CCCCC1)C(=O)O. The average Bonchev–Trinajstić information content (AvgIpc) is 2.83. The standard InChI is InChI=1S/C17H23IN2O3/c1-23-15-14(18)13-7-3-6-11-20(13)17(15,16(21)22)8-12-19-9-4-2-5-10-19/h3,6-7,11,15H,2,4-5,8-10,12H2,1H3,(H,21,22). The molecule has 1 N–H and O–H groups in total. The molecule has 3 rings (SSSR count). The topological polar surface area (TPSA) is 53.0 Å². The minimum Gasteiger partial charge on any atom is -0.479 e. The van der Waals surface area contributed by atoms with E-state index in [2.05, 4.69) is 27.5 Å². The second-order valence-corrected chi connectivity index (χ2v) is 7.46. The molecule has 1 fully saturated rings. The number of aliphatic carboxylic acids is 1. The molecule has 0 aromatic heterocycles. The fourth-order valence-electron chi connectivity index (χ4n) is 3.84. The van der Waals surface area contributed by atoms with Gasteiger partial charge in [-0.15, -0.1) is 0 Å². The van der Waals surface area contributed by atoms with Crippen LogP contribution in [0.3, 0.4) is 0 Å². The highest BCUT2D eigenvalue weighted by Gasteiger charge is 2.57. The minimum absolute atomic E-state index is 0.437. The number of carboxylic acid groups (broad SMARTS) is 1. The van der Waals surface area contributed by atoms with Crippen LogP contribution >= 0.6 is 22.6 Å². The Balaban J connectivity index is 1.88. The molecule has 2 atom stereocenters. The number of allylic oxidation sites excluding steroid dienone is 3. The van der Waals surface area contributed by atoms with Gasteiger partial charge < -0.3 is 19.6 Å². The molecule has 2 unspecified atom stereocenters. The van der Waals surface area contributed by atoms with Crippen molar-refractivity contribution in [2.75, 3.05) is 26.7 Å². The van der Waals surface area contributed by atoms with Crippen molar-refractivity contribution in [3.63, 3.8) is 0 Å². The summed E-state index contributed by atoms with van der Waals surface area (Å²) in [5, 5.41) is 10.1. The van der Waals surface area contributed by atoms with Crippen molar-refractivity contribution < 1.29 is 14.6 Å². The van der Waals surface area contributed by atoms with Crippen molar-refractivity contribution in [2.24, 2.45) is 0 Å². The first-order chi connectivity index (χ1) is 11.1. The molecule has 0 aliphatic carbocycles. The van der Waals surface area contributed by atoms with Crippen molar-refractivity contribution in [1.29, 1.82) is 0 Å². The highest BCUT2D eigenvalue weighted by molar-refractivity contribution is 14.1. The lowest BCUT2D eigenvalue weighted by Crippen LogP contribution is -2.58. The van der Waals surface area contributed by atoms with E-state index in [0.717, 1.165) is 28.9 Å². The van der Waals surface area contributed by atoms with Gasteiger partial charge in [0.15, 0.2) is 5.54 Å². The fraction of sp³-hybridized carbons (Fsp3) is 0.588. The van der Waals surface area contributed by atoms with E-state index in [1.165, 1.54) is 19.3 Å². The van der Waals surface area contributed by atoms with Crippen molar-refractivity contribution in [3.05, 3.63) is 33.7 Å². The van der Waals surface area contributed by atoms with Crippen LogP contribution in [0.25, 0.3) is 0 Å². The van der Waals surface area contributed by atoms with Gasteiger partial charge in [0.1, 0.15) is 6.10 Å². The third-order valence-electron chi connectivity index (χ3n) is 5.06. The lowest BCUT2D eigenvalue weighted by molar-refractivity contribution is -0.154. The molecule has 0 aromatic rings. The van der Waals surface area contributed by atoms with Gasteiger partial charge in [-0.05, 0) is 67.1 Å². The molecule has 6 heteroatoms. The number of piperidine rings is 1. The molecular weight excluding hydrogens is 407 g/mol. The highest BCUT2D eigenvalue weighted by atomic mass is 127. The first-order valence-corrected chi connectivity index (χ1v) is 9.21. The van der Waals surface area contributed by atoms with Crippen LogP contribution in [-0.4, -0.2) is 59.3 Å². The summed E-state index contributed by atoms with van der Waals surface area (Å²) < 4.78 is 6.62. The highest BCUT2D eigenvalue weighted by Crippen LogP contribution is 2.46. The van der Waals surface area contributed by atoms with E-state index >= 15 is 0 Å². The number of hydrogen-bond acceptors (Lipinski definition) is 4. The van der Waals surface area contributed by atoms with Gasteiger partial charge in [-0.25, -0.2) is 4.79 Å². The van der Waals surface area contributed by atoms with Gasteiger partial charge in [0.05, 0.1) is 5.70 Å². The Morgan fingerprint density at radius 2 is 2.13 bits per heavy atom. The largest absolute Gasteiger partial charge is 0.479 e. The Kier molecular flexibility index (Phi) is 5.13. The third kappa shape index (κ3) is 2.85. The first-order valence-electron chi connectivity index (χ1n) is 8.13. The molecule has 126 valence electrons. The zero-order valence-electron chi connectivity index (χ0n) is 13.4. The second-order valence-electron chi connectivity index (χ2n) is 6.30. The van der Waals surface area contributed by atoms with Gasteiger partial charge in [-0.1, -0.05) is 12.5 Å². The summed E-state index contributed by atoms with van der Waals surface area (Å²) in [6.07, 6.45) is 11.5. The van der Waals surface area contributed by atoms with Crippen LogP contribution in [0.5, 0.6) is 0 Å². The molecule has 1 saturated heterocycles. The molecular formula is C17H23IN2O3. The molecule has 3 aliphatic heterocycles. The number of rotatable bonds is 5. The Bertz CT molecular complexity index is 566. The van der Waals surface area contributed by atoms with Crippen LogP contribution < -0.4 is 0 Å². The molecule has 3 heterocycles. The van der Waals surface area contributed by atoms with E-state index in [9.17, 15) is 9.90 Å². The molecule has 3 aliphatic rings. The van der Waals surface area contributed by atoms with E-state index in [1.54, 1.807) is 7.11 Å². The molecule has 0 radical (unpaired) electrons. The minimum atomic E-state index is -1.06. The van der Waals surface area contributed by atoms with E-state index < -0.39 is 17.6 Å². The number of nitrogens with zero attached hydrogens (tertiary/aromatic N) is 2. The maximum atomic E-state index is 12.3. The van der Waals surface area contributed by atoms with Crippen LogP contribution in [0.4, 0.5) is 0 Å². The summed E-state index contributed by atoms with van der Waals surface area (Å²) in [5.74, 6) is -0.814. The zero-order chi connectivity index (χ0) is 16.4. The summed E-state index contributed by atoms with van der Waals surface area (Å²) in [5.41, 5.74) is -0.111. The summed E-state index contributed by atoms with van der Waals surface area (Å²) >= 11 is 2.23. The van der Waals surface area contributed by atoms with Crippen LogP contribution in [0, 0.1) is 0 Å². The molecule has 5 nitrogen and oxygen atoms in total. The monoisotopic (exact) mass is 430 g/mol. The predicted molar refractivity (Wildman–Crippen MR) is 97.2 cm³/mol. The second kappa shape index (κ2) is 6.94. The van der Waals surface area contributed by atoms with E-state index in [4.69, 9.17) is 4.74 Å². The van der Waals surface area contributed by atoms with Crippen molar-refractivity contribution in [1.82, 2.24) is 9.80 Å². The van der Waals surface area contributed by atoms with Gasteiger partial charge in [-0.3, -0.25) is 0 Å². The molecule has 0 spiro atoms. The summed E-state index contributed by atoms with van der Waals surface area (Å²) in [7, 11) is 1.61. The third-order valence-corrected chi connectivity index (χ3v) is 6.18. The van der Waals surface area contributed by atoms with Crippen molar-refractivity contribution in [2.45, 2.75) is 37.3 Å². The van der Waals surface area contributed by atoms with Gasteiger partial charge in [0.2, 0.25) is 0 Å². The predicted octanol–water partition coefficient (Wildman–Crippen LogP) is 2.75. The van der Waals surface area contributed by atoms with Crippen LogP contribution in [0.2, 0.25) is 0 Å². The number of carboxylic acids is 1. The summed E-state index contributed by atoms with van der Waals surface area (Å²) in [6, 6.07) is 0. The Morgan fingerprint density at radius 1 is 1.39 bits per heavy atom. The van der Waals surface area contributed by atoms with Crippen LogP contribution in [0.15, 0.2) is 33.7 Å². The molecule has 23 heavy (non-hydrogen) atoms. The number of fused-ring (bicyclic) bond motifs is 1. The number of hydrogen-bond donors (Lipinski definition) is 1. The van der Waals surface area contributed by atoms with E-state index in [0.29, 0.717) is 6.42 Å². The van der Waals surface area contributed by atoms with Gasteiger partial charge >= 0.3 is 5.97 Å². The maximum absolute atomic E-state index is 12.3. The normalized spacial score (nSPS) is 30.9. The van der Waals surface area contributed by atoms with Gasteiger partial charge in [-0.2, -0.15) is 0 Å². The van der Waals surface area contributed by atoms with E-state index in [1.807, 2.05) is 29.3 Å². The Labute approximate surface area is 150 Å². The zero-order valence-corrected chi connectivity index (χ0v) is 15.5.